The van der Waals surface area contributed by atoms with E-state index in [0.29, 0.717) is 18.0 Å². The van der Waals surface area contributed by atoms with Gasteiger partial charge in [-0.1, -0.05) is 43.3 Å². The van der Waals surface area contributed by atoms with Gasteiger partial charge in [0, 0.05) is 0 Å². The van der Waals surface area contributed by atoms with E-state index in [9.17, 15) is 9.59 Å². The lowest BCUT2D eigenvalue weighted by Gasteiger charge is -2.10. The topological polar surface area (TPSA) is 79.8 Å². The lowest BCUT2D eigenvalue weighted by Crippen LogP contribution is -2.32. The number of hydrogen-bond acceptors (Lipinski definition) is 4. The highest BCUT2D eigenvalue weighted by molar-refractivity contribution is 6.39. The minimum Gasteiger partial charge on any atom is -0.492 e. The van der Waals surface area contributed by atoms with Crippen LogP contribution in [0.4, 0.5) is 5.69 Å². The molecule has 2 aromatic carbocycles. The van der Waals surface area contributed by atoms with Crippen molar-refractivity contribution < 1.29 is 14.3 Å². The maximum Gasteiger partial charge on any atom is 0.329 e. The van der Waals surface area contributed by atoms with Gasteiger partial charge in [-0.3, -0.25) is 9.59 Å². The SMILES string of the molecule is CCOc1ccccc1NC(=O)C(=O)NN=Cc1ccc(CC)cc1. The Labute approximate surface area is 146 Å². The van der Waals surface area contributed by atoms with Gasteiger partial charge in [0.15, 0.2) is 0 Å². The molecule has 6 heteroatoms. The number of rotatable bonds is 6. The summed E-state index contributed by atoms with van der Waals surface area (Å²) in [4.78, 5) is 23.8. The quantitative estimate of drug-likeness (QED) is 0.482. The van der Waals surface area contributed by atoms with E-state index < -0.39 is 11.8 Å². The van der Waals surface area contributed by atoms with E-state index in [1.807, 2.05) is 31.2 Å². The van der Waals surface area contributed by atoms with Crippen molar-refractivity contribution in [3.8, 4) is 5.75 Å². The van der Waals surface area contributed by atoms with Crippen LogP contribution in [0.2, 0.25) is 0 Å². The minimum atomic E-state index is -0.854. The van der Waals surface area contributed by atoms with Crippen LogP contribution >= 0.6 is 0 Å². The van der Waals surface area contributed by atoms with Crippen molar-refractivity contribution in [2.75, 3.05) is 11.9 Å². The molecule has 0 aliphatic rings. The Hall–Kier alpha value is -3.15. The molecule has 0 spiro atoms. The van der Waals surface area contributed by atoms with Gasteiger partial charge in [-0.05, 0) is 36.6 Å². The number of hydrazone groups is 1. The number of nitrogens with one attached hydrogen (secondary N) is 2. The number of carbonyl (C=O) groups excluding carboxylic acids is 2. The van der Waals surface area contributed by atoms with Gasteiger partial charge in [0.2, 0.25) is 0 Å². The summed E-state index contributed by atoms with van der Waals surface area (Å²) < 4.78 is 5.40. The highest BCUT2D eigenvalue weighted by Crippen LogP contribution is 2.23. The molecule has 0 saturated carbocycles. The molecular weight excluding hydrogens is 318 g/mol. The fourth-order valence-electron chi connectivity index (χ4n) is 2.09. The van der Waals surface area contributed by atoms with Crippen molar-refractivity contribution in [1.82, 2.24) is 5.43 Å². The molecule has 0 atom stereocenters. The minimum absolute atomic E-state index is 0.434. The number of ether oxygens (including phenoxy) is 1. The summed E-state index contributed by atoms with van der Waals surface area (Å²) in [5.74, 6) is -1.16. The van der Waals surface area contributed by atoms with E-state index in [2.05, 4.69) is 22.8 Å². The third kappa shape index (κ3) is 5.46. The molecule has 0 unspecified atom stereocenters. The van der Waals surface area contributed by atoms with Gasteiger partial charge in [0.25, 0.3) is 0 Å². The molecule has 2 rings (SSSR count). The Balaban J connectivity index is 1.91. The predicted molar refractivity (Wildman–Crippen MR) is 97.8 cm³/mol. The first kappa shape index (κ1) is 18.2. The largest absolute Gasteiger partial charge is 0.492 e. The van der Waals surface area contributed by atoms with Crippen LogP contribution in [0.1, 0.15) is 25.0 Å². The summed E-state index contributed by atoms with van der Waals surface area (Å²) in [7, 11) is 0. The summed E-state index contributed by atoms with van der Waals surface area (Å²) in [6, 6.07) is 14.7. The fraction of sp³-hybridized carbons (Fsp3) is 0.211. The number of para-hydroxylation sites is 2. The Morgan fingerprint density at radius 2 is 1.76 bits per heavy atom. The van der Waals surface area contributed by atoms with Gasteiger partial charge in [-0.15, -0.1) is 0 Å². The van der Waals surface area contributed by atoms with E-state index in [4.69, 9.17) is 4.74 Å². The summed E-state index contributed by atoms with van der Waals surface area (Å²) in [5, 5.41) is 6.31. The third-order valence-corrected chi connectivity index (χ3v) is 3.41. The maximum atomic E-state index is 11.9. The zero-order valence-electron chi connectivity index (χ0n) is 14.3. The van der Waals surface area contributed by atoms with Crippen LogP contribution in [0.5, 0.6) is 5.75 Å². The molecule has 6 nitrogen and oxygen atoms in total. The average Bonchev–Trinajstić information content (AvgIpc) is 2.64. The molecule has 25 heavy (non-hydrogen) atoms. The smallest absolute Gasteiger partial charge is 0.329 e. The number of amides is 2. The number of benzene rings is 2. The van der Waals surface area contributed by atoms with Crippen LogP contribution in [-0.2, 0) is 16.0 Å². The number of hydrogen-bond donors (Lipinski definition) is 2. The van der Waals surface area contributed by atoms with Crippen molar-refractivity contribution >= 4 is 23.7 Å². The first-order valence-corrected chi connectivity index (χ1v) is 8.09. The lowest BCUT2D eigenvalue weighted by atomic mass is 10.1. The van der Waals surface area contributed by atoms with Crippen LogP contribution in [0.3, 0.4) is 0 Å². The molecule has 0 aromatic heterocycles. The first-order valence-electron chi connectivity index (χ1n) is 8.09. The second-order valence-electron chi connectivity index (χ2n) is 5.18. The Morgan fingerprint density at radius 3 is 2.44 bits per heavy atom. The summed E-state index contributed by atoms with van der Waals surface area (Å²) in [6.07, 6.45) is 2.44. The first-order chi connectivity index (χ1) is 12.1. The molecule has 0 radical (unpaired) electrons. The van der Waals surface area contributed by atoms with Crippen LogP contribution < -0.4 is 15.5 Å². The van der Waals surface area contributed by atoms with Crippen molar-refractivity contribution in [2.24, 2.45) is 5.10 Å². The van der Waals surface area contributed by atoms with E-state index in [-0.39, 0.29) is 0 Å². The Morgan fingerprint density at radius 1 is 1.04 bits per heavy atom. The van der Waals surface area contributed by atoms with Crippen LogP contribution in [0, 0.1) is 0 Å². The molecule has 0 aliphatic carbocycles. The molecule has 0 aliphatic heterocycles. The molecule has 0 fully saturated rings. The van der Waals surface area contributed by atoms with Crippen molar-refractivity contribution in [1.29, 1.82) is 0 Å². The van der Waals surface area contributed by atoms with Gasteiger partial charge in [-0.25, -0.2) is 5.43 Å². The summed E-state index contributed by atoms with van der Waals surface area (Å²) in [6.45, 7) is 4.37. The van der Waals surface area contributed by atoms with Gasteiger partial charge >= 0.3 is 11.8 Å². The van der Waals surface area contributed by atoms with E-state index in [1.165, 1.54) is 11.8 Å². The molecule has 2 N–H and O–H groups in total. The van der Waals surface area contributed by atoms with Crippen molar-refractivity contribution in [2.45, 2.75) is 20.3 Å². The van der Waals surface area contributed by atoms with E-state index >= 15 is 0 Å². The van der Waals surface area contributed by atoms with Crippen LogP contribution in [-0.4, -0.2) is 24.6 Å². The molecular formula is C19H21N3O3. The van der Waals surface area contributed by atoms with E-state index in [0.717, 1.165) is 12.0 Å². The van der Waals surface area contributed by atoms with Gasteiger partial charge in [0.1, 0.15) is 5.75 Å². The predicted octanol–water partition coefficient (Wildman–Crippen LogP) is 2.74. The second-order valence-corrected chi connectivity index (χ2v) is 5.18. The Bertz CT molecular complexity index is 755. The third-order valence-electron chi connectivity index (χ3n) is 3.41. The molecule has 0 heterocycles. The number of carbonyl (C=O) groups is 2. The zero-order valence-corrected chi connectivity index (χ0v) is 14.3. The summed E-state index contributed by atoms with van der Waals surface area (Å²) in [5.41, 5.74) is 4.69. The lowest BCUT2D eigenvalue weighted by molar-refractivity contribution is -0.136. The number of aryl methyl sites for hydroxylation is 1. The average molecular weight is 339 g/mol. The second kappa shape index (κ2) is 9.22. The maximum absolute atomic E-state index is 11.9. The molecule has 0 bridgehead atoms. The van der Waals surface area contributed by atoms with Gasteiger partial charge in [0.05, 0.1) is 18.5 Å². The van der Waals surface area contributed by atoms with Crippen LogP contribution in [0.25, 0.3) is 0 Å². The Kier molecular flexibility index (Phi) is 6.71. The number of nitrogens with zero attached hydrogens (tertiary/aromatic N) is 1. The van der Waals surface area contributed by atoms with Crippen LogP contribution in [0.15, 0.2) is 53.6 Å². The molecule has 0 saturated heterocycles. The van der Waals surface area contributed by atoms with Crippen molar-refractivity contribution in [3.05, 3.63) is 59.7 Å². The summed E-state index contributed by atoms with van der Waals surface area (Å²) >= 11 is 0. The normalized spacial score (nSPS) is 10.5. The zero-order chi connectivity index (χ0) is 18.1. The fourth-order valence-corrected chi connectivity index (χ4v) is 2.09. The van der Waals surface area contributed by atoms with Gasteiger partial charge in [-0.2, -0.15) is 5.10 Å². The highest BCUT2D eigenvalue weighted by atomic mass is 16.5. The monoisotopic (exact) mass is 339 g/mol. The molecule has 2 amide bonds. The number of anilines is 1. The van der Waals surface area contributed by atoms with Crippen molar-refractivity contribution in [3.63, 3.8) is 0 Å². The molecule has 130 valence electrons. The van der Waals surface area contributed by atoms with E-state index in [1.54, 1.807) is 24.3 Å². The highest BCUT2D eigenvalue weighted by Gasteiger charge is 2.15. The molecule has 2 aromatic rings. The standard InChI is InChI=1S/C19H21N3O3/c1-3-14-9-11-15(12-10-14)13-20-22-19(24)18(23)21-16-7-5-6-8-17(16)25-4-2/h5-13H,3-4H2,1-2H3,(H,21,23)(H,22,24). The van der Waals surface area contributed by atoms with Gasteiger partial charge < -0.3 is 10.1 Å².